The van der Waals surface area contributed by atoms with Crippen LogP contribution in [0, 0.1) is 17.7 Å². The highest BCUT2D eigenvalue weighted by Gasteiger charge is 2.09. The van der Waals surface area contributed by atoms with Crippen LogP contribution in [-0.2, 0) is 0 Å². The maximum atomic E-state index is 12.4. The van der Waals surface area contributed by atoms with Crippen molar-refractivity contribution in [3.63, 3.8) is 0 Å². The van der Waals surface area contributed by atoms with E-state index in [0.717, 1.165) is 6.07 Å². The molecule has 0 fully saturated rings. The van der Waals surface area contributed by atoms with Crippen LogP contribution in [0.4, 0.5) is 8.78 Å². The van der Waals surface area contributed by atoms with Gasteiger partial charge in [-0.1, -0.05) is 23.2 Å². The highest BCUT2D eigenvalue weighted by molar-refractivity contribution is 6.41. The molecule has 0 aliphatic heterocycles. The Morgan fingerprint density at radius 1 is 1.30 bits per heavy atom. The Morgan fingerprint density at radius 3 is 2.40 bits per heavy atom. The topological polar surface area (TPSA) is 0 Å². The second kappa shape index (κ2) is 2.72. The molecule has 53 valence electrons. The summed E-state index contributed by atoms with van der Waals surface area (Å²) in [6, 6.07) is 3.02. The molecule has 0 saturated heterocycles. The molecule has 0 atom stereocenters. The maximum Gasteiger partial charge on any atom is 0.178 e. The number of rotatable bonds is 0. The van der Waals surface area contributed by atoms with Crippen molar-refractivity contribution in [2.75, 3.05) is 0 Å². The average molecular weight is 182 g/mol. The fourth-order valence-electron chi connectivity index (χ4n) is 0.455. The molecule has 1 aromatic rings. The molecule has 0 spiro atoms. The van der Waals surface area contributed by atoms with E-state index >= 15 is 0 Å². The Hall–Kier alpha value is -0.340. The van der Waals surface area contributed by atoms with E-state index in [1.807, 2.05) is 0 Å². The maximum absolute atomic E-state index is 12.4. The number of halogens is 4. The van der Waals surface area contributed by atoms with E-state index in [4.69, 9.17) is 23.2 Å². The van der Waals surface area contributed by atoms with Gasteiger partial charge in [0, 0.05) is 6.07 Å². The second-order valence-electron chi connectivity index (χ2n) is 1.58. The first-order valence-corrected chi connectivity index (χ1v) is 3.09. The van der Waals surface area contributed by atoms with Gasteiger partial charge < -0.3 is 0 Å². The molecule has 0 heterocycles. The number of hydrogen-bond acceptors (Lipinski definition) is 0. The molecule has 10 heavy (non-hydrogen) atoms. The van der Waals surface area contributed by atoms with Crippen molar-refractivity contribution < 1.29 is 8.78 Å². The van der Waals surface area contributed by atoms with Crippen LogP contribution in [0.5, 0.6) is 0 Å². The summed E-state index contributed by atoms with van der Waals surface area (Å²) in [5.41, 5.74) is 0. The van der Waals surface area contributed by atoms with Crippen molar-refractivity contribution in [2.24, 2.45) is 0 Å². The minimum atomic E-state index is -1.13. The molecule has 0 aliphatic carbocycles. The van der Waals surface area contributed by atoms with Crippen LogP contribution in [0.25, 0.3) is 0 Å². The summed E-state index contributed by atoms with van der Waals surface area (Å²) >= 11 is 10.5. The van der Waals surface area contributed by atoms with Crippen LogP contribution in [0.15, 0.2) is 6.07 Å². The van der Waals surface area contributed by atoms with Crippen LogP contribution in [-0.4, -0.2) is 0 Å². The summed E-state index contributed by atoms with van der Waals surface area (Å²) in [5, 5.41) is -0.540. The smallest absolute Gasteiger partial charge is 0.178 e. The molecule has 0 aliphatic rings. The molecule has 0 amide bonds. The van der Waals surface area contributed by atoms with E-state index in [1.54, 1.807) is 0 Å². The van der Waals surface area contributed by atoms with E-state index < -0.39 is 16.7 Å². The zero-order chi connectivity index (χ0) is 7.72. The second-order valence-corrected chi connectivity index (χ2v) is 2.33. The van der Waals surface area contributed by atoms with Gasteiger partial charge in [0.15, 0.2) is 11.6 Å². The van der Waals surface area contributed by atoms with Crippen LogP contribution in [0.1, 0.15) is 0 Å². The molecular formula is C6HCl2F2. The molecule has 1 radical (unpaired) electrons. The fraction of sp³-hybridized carbons (Fsp3) is 0. The van der Waals surface area contributed by atoms with Crippen molar-refractivity contribution >= 4 is 23.2 Å². The lowest BCUT2D eigenvalue weighted by Crippen LogP contribution is -1.84. The van der Waals surface area contributed by atoms with Crippen molar-refractivity contribution in [1.82, 2.24) is 0 Å². The Balaban J connectivity index is 3.34. The summed E-state index contributed by atoms with van der Waals surface area (Å²) in [6.07, 6.45) is 0. The van der Waals surface area contributed by atoms with E-state index in [1.165, 1.54) is 0 Å². The van der Waals surface area contributed by atoms with Gasteiger partial charge in [-0.25, -0.2) is 8.78 Å². The third-order valence-electron chi connectivity index (χ3n) is 0.921. The lowest BCUT2D eigenvalue weighted by molar-refractivity contribution is 0.509. The Bertz CT molecular complexity index is 233. The van der Waals surface area contributed by atoms with Crippen molar-refractivity contribution in [2.45, 2.75) is 0 Å². The summed E-state index contributed by atoms with van der Waals surface area (Å²) < 4.78 is 24.6. The molecule has 0 N–H and O–H groups in total. The molecule has 0 saturated carbocycles. The van der Waals surface area contributed by atoms with E-state index in [9.17, 15) is 8.78 Å². The van der Waals surface area contributed by atoms with Gasteiger partial charge in [0.25, 0.3) is 0 Å². The SMILES string of the molecule is Fc1c[c]c(Cl)c(Cl)c1F. The fourth-order valence-corrected chi connectivity index (χ4v) is 0.737. The van der Waals surface area contributed by atoms with Crippen LogP contribution >= 0.6 is 23.2 Å². The Kier molecular flexibility index (Phi) is 2.11. The molecule has 4 heteroatoms. The van der Waals surface area contributed by atoms with Crippen molar-refractivity contribution in [3.05, 3.63) is 33.8 Å². The van der Waals surface area contributed by atoms with Gasteiger partial charge in [-0.15, -0.1) is 0 Å². The first-order chi connectivity index (χ1) is 4.63. The molecule has 0 aromatic heterocycles. The largest absolute Gasteiger partial charge is 0.204 e. The molecular weight excluding hydrogens is 181 g/mol. The number of benzene rings is 1. The van der Waals surface area contributed by atoms with Gasteiger partial charge in [0.05, 0.1) is 10.0 Å². The molecule has 1 rings (SSSR count). The van der Waals surface area contributed by atoms with Crippen molar-refractivity contribution in [3.8, 4) is 0 Å². The highest BCUT2D eigenvalue weighted by atomic mass is 35.5. The first-order valence-electron chi connectivity index (χ1n) is 2.33. The third kappa shape index (κ3) is 1.22. The summed E-state index contributed by atoms with van der Waals surface area (Å²) in [4.78, 5) is 0. The third-order valence-corrected chi connectivity index (χ3v) is 1.67. The quantitative estimate of drug-likeness (QED) is 0.427. The van der Waals surface area contributed by atoms with E-state index in [0.29, 0.717) is 0 Å². The van der Waals surface area contributed by atoms with E-state index in [2.05, 4.69) is 6.07 Å². The molecule has 0 bridgehead atoms. The van der Waals surface area contributed by atoms with Gasteiger partial charge in [-0.2, -0.15) is 0 Å². The van der Waals surface area contributed by atoms with Gasteiger partial charge in [-0.05, 0) is 6.07 Å². The lowest BCUT2D eigenvalue weighted by atomic mass is 10.3. The Labute approximate surface area is 66.4 Å². The zero-order valence-corrected chi connectivity index (χ0v) is 6.10. The van der Waals surface area contributed by atoms with Crippen molar-refractivity contribution in [1.29, 1.82) is 0 Å². The molecule has 1 aromatic carbocycles. The summed E-state index contributed by atoms with van der Waals surface area (Å²) in [5.74, 6) is -2.18. The van der Waals surface area contributed by atoms with Gasteiger partial charge >= 0.3 is 0 Å². The van der Waals surface area contributed by atoms with Crippen LogP contribution < -0.4 is 0 Å². The normalized spacial score (nSPS) is 10.0. The van der Waals surface area contributed by atoms with Crippen LogP contribution in [0.2, 0.25) is 10.0 Å². The number of hydrogen-bond donors (Lipinski definition) is 0. The standard InChI is InChI=1S/C6HCl2F2/c7-3-1-2-4(9)6(10)5(3)8/h2H. The lowest BCUT2D eigenvalue weighted by Gasteiger charge is -1.95. The minimum absolute atomic E-state index is 0.111. The van der Waals surface area contributed by atoms with Gasteiger partial charge in [0.1, 0.15) is 0 Å². The van der Waals surface area contributed by atoms with Gasteiger partial charge in [-0.3, -0.25) is 0 Å². The molecule has 0 unspecified atom stereocenters. The van der Waals surface area contributed by atoms with E-state index in [-0.39, 0.29) is 5.02 Å². The highest BCUT2D eigenvalue weighted by Crippen LogP contribution is 2.25. The predicted molar refractivity (Wildman–Crippen MR) is 35.2 cm³/mol. The van der Waals surface area contributed by atoms with Gasteiger partial charge in [0.2, 0.25) is 0 Å². The summed E-state index contributed by atoms with van der Waals surface area (Å²) in [6.45, 7) is 0. The first kappa shape index (κ1) is 7.76. The summed E-state index contributed by atoms with van der Waals surface area (Å²) in [7, 11) is 0. The Morgan fingerprint density at radius 2 is 1.90 bits per heavy atom. The monoisotopic (exact) mass is 181 g/mol. The average Bonchev–Trinajstić information content (AvgIpc) is 1.93. The zero-order valence-electron chi connectivity index (χ0n) is 4.59. The minimum Gasteiger partial charge on any atom is -0.204 e. The molecule has 0 nitrogen and oxygen atoms in total. The van der Waals surface area contributed by atoms with Crippen LogP contribution in [0.3, 0.4) is 0 Å². The predicted octanol–water partition coefficient (Wildman–Crippen LogP) is 3.07.